The number of H-pyrrole nitrogens is 1. The average molecular weight is 395 g/mol. The minimum Gasteiger partial charge on any atom is -0.460 e. The van der Waals surface area contributed by atoms with Gasteiger partial charge in [-0.3, -0.25) is 4.79 Å². The number of nitrogens with zero attached hydrogens (tertiary/aromatic N) is 1. The fraction of sp³-hybridized carbons (Fsp3) is 0.118. The van der Waals surface area contributed by atoms with E-state index < -0.39 is 5.97 Å². The predicted molar refractivity (Wildman–Crippen MR) is 99.8 cm³/mol. The molecule has 128 valence electrons. The van der Waals surface area contributed by atoms with Gasteiger partial charge in [0.15, 0.2) is 5.69 Å². The number of thioether (sulfide) groups is 1. The van der Waals surface area contributed by atoms with Crippen molar-refractivity contribution in [1.29, 1.82) is 0 Å². The molecule has 1 heterocycles. The highest BCUT2D eigenvalue weighted by atomic mass is 35.5. The van der Waals surface area contributed by atoms with E-state index in [1.54, 1.807) is 42.5 Å². The number of carbonyl (C=O) groups is 1. The molecule has 1 aromatic heterocycles. The van der Waals surface area contributed by atoms with Gasteiger partial charge < -0.3 is 4.74 Å². The second-order valence-corrected chi connectivity index (χ2v) is 6.99. The topological polar surface area (TPSA) is 72.0 Å². The van der Waals surface area contributed by atoms with Crippen LogP contribution in [0.2, 0.25) is 10.0 Å². The van der Waals surface area contributed by atoms with Crippen LogP contribution in [0.15, 0.2) is 52.2 Å². The number of hydrogen-bond acceptors (Lipinski definition) is 5. The molecule has 0 aliphatic heterocycles. The van der Waals surface area contributed by atoms with Crippen molar-refractivity contribution in [1.82, 2.24) is 10.2 Å². The van der Waals surface area contributed by atoms with Gasteiger partial charge in [-0.2, -0.15) is 5.10 Å². The number of aromatic nitrogens is 2. The van der Waals surface area contributed by atoms with E-state index in [-0.39, 0.29) is 17.9 Å². The summed E-state index contributed by atoms with van der Waals surface area (Å²) in [4.78, 5) is 24.8. The standard InChI is InChI=1S/C17H12Cl2N2O3S/c18-10-5-6-13(19)14(9-10)25-8-7-24-17(23)15-11-3-1-2-4-12(11)16(22)21-20-15/h1-6,9H,7-8H2,(H,21,22). The summed E-state index contributed by atoms with van der Waals surface area (Å²) in [5.74, 6) is -0.0853. The Balaban J connectivity index is 1.65. The summed E-state index contributed by atoms with van der Waals surface area (Å²) in [5.41, 5.74) is -0.265. The van der Waals surface area contributed by atoms with Crippen molar-refractivity contribution in [3.05, 3.63) is 68.6 Å². The molecule has 1 N–H and O–H groups in total. The highest BCUT2D eigenvalue weighted by Gasteiger charge is 2.15. The Bertz CT molecular complexity index is 991. The van der Waals surface area contributed by atoms with E-state index in [2.05, 4.69) is 10.2 Å². The van der Waals surface area contributed by atoms with Crippen molar-refractivity contribution < 1.29 is 9.53 Å². The second kappa shape index (κ2) is 7.91. The first-order chi connectivity index (χ1) is 12.1. The maximum Gasteiger partial charge on any atom is 0.359 e. The molecule has 3 rings (SSSR count). The quantitative estimate of drug-likeness (QED) is 0.399. The van der Waals surface area contributed by atoms with Gasteiger partial charge in [0.05, 0.1) is 10.4 Å². The lowest BCUT2D eigenvalue weighted by atomic mass is 10.1. The fourth-order valence-corrected chi connectivity index (χ4v) is 3.53. The molecule has 0 saturated heterocycles. The lowest BCUT2D eigenvalue weighted by Crippen LogP contribution is -2.16. The number of hydrogen-bond donors (Lipinski definition) is 1. The van der Waals surface area contributed by atoms with Crippen LogP contribution in [0.1, 0.15) is 10.5 Å². The summed E-state index contributed by atoms with van der Waals surface area (Å²) >= 11 is 13.4. The SMILES string of the molecule is O=C(OCCSc1cc(Cl)ccc1Cl)c1n[nH]c(=O)c2ccccc12. The Morgan fingerprint density at radius 3 is 2.72 bits per heavy atom. The summed E-state index contributed by atoms with van der Waals surface area (Å²) in [5, 5.41) is 8.16. The van der Waals surface area contributed by atoms with Crippen LogP contribution in [0.3, 0.4) is 0 Å². The van der Waals surface area contributed by atoms with Crippen LogP contribution in [0.5, 0.6) is 0 Å². The third kappa shape index (κ3) is 4.15. The van der Waals surface area contributed by atoms with Gasteiger partial charge in [-0.1, -0.05) is 41.4 Å². The molecule has 3 aromatic rings. The van der Waals surface area contributed by atoms with Gasteiger partial charge >= 0.3 is 5.97 Å². The van der Waals surface area contributed by atoms with E-state index in [1.807, 2.05) is 0 Å². The van der Waals surface area contributed by atoms with Gasteiger partial charge in [0, 0.05) is 21.1 Å². The van der Waals surface area contributed by atoms with E-state index in [9.17, 15) is 9.59 Å². The van der Waals surface area contributed by atoms with Gasteiger partial charge in [0.2, 0.25) is 0 Å². The van der Waals surface area contributed by atoms with Crippen molar-refractivity contribution >= 4 is 51.7 Å². The van der Waals surface area contributed by atoms with E-state index in [0.717, 1.165) is 4.90 Å². The Hall–Kier alpha value is -2.02. The zero-order chi connectivity index (χ0) is 17.8. The molecule has 25 heavy (non-hydrogen) atoms. The van der Waals surface area contributed by atoms with Crippen molar-refractivity contribution in [2.24, 2.45) is 0 Å². The lowest BCUT2D eigenvalue weighted by Gasteiger charge is -2.07. The number of carbonyl (C=O) groups excluding carboxylic acids is 1. The first-order valence-electron chi connectivity index (χ1n) is 7.28. The van der Waals surface area contributed by atoms with Crippen LogP contribution in [0.4, 0.5) is 0 Å². The molecule has 0 saturated carbocycles. The average Bonchev–Trinajstić information content (AvgIpc) is 2.62. The summed E-state index contributed by atoms with van der Waals surface area (Å²) in [6.07, 6.45) is 0. The highest BCUT2D eigenvalue weighted by Crippen LogP contribution is 2.29. The minimum atomic E-state index is -0.592. The van der Waals surface area contributed by atoms with Crippen molar-refractivity contribution in [3.63, 3.8) is 0 Å². The second-order valence-electron chi connectivity index (χ2n) is 5.01. The Morgan fingerprint density at radius 1 is 1.16 bits per heavy atom. The molecule has 0 spiro atoms. The number of benzene rings is 2. The van der Waals surface area contributed by atoms with Gasteiger partial charge in [-0.25, -0.2) is 9.89 Å². The molecule has 0 aliphatic carbocycles. The first-order valence-corrected chi connectivity index (χ1v) is 9.03. The van der Waals surface area contributed by atoms with Crippen LogP contribution in [0.25, 0.3) is 10.8 Å². The van der Waals surface area contributed by atoms with Crippen LogP contribution in [-0.2, 0) is 4.74 Å². The molecule has 0 radical (unpaired) electrons. The van der Waals surface area contributed by atoms with Gasteiger partial charge in [-0.15, -0.1) is 11.8 Å². The number of esters is 1. The van der Waals surface area contributed by atoms with Gasteiger partial charge in [0.25, 0.3) is 5.56 Å². The lowest BCUT2D eigenvalue weighted by molar-refractivity contribution is 0.0524. The Kier molecular flexibility index (Phi) is 5.63. The summed E-state index contributed by atoms with van der Waals surface area (Å²) in [6, 6.07) is 11.9. The third-order valence-electron chi connectivity index (χ3n) is 3.36. The number of ether oxygens (including phenoxy) is 1. The molecular formula is C17H12Cl2N2O3S. The van der Waals surface area contributed by atoms with Crippen LogP contribution in [-0.4, -0.2) is 28.5 Å². The zero-order valence-electron chi connectivity index (χ0n) is 12.8. The van der Waals surface area contributed by atoms with E-state index in [0.29, 0.717) is 26.6 Å². The number of aromatic amines is 1. The number of fused-ring (bicyclic) bond motifs is 1. The molecule has 0 amide bonds. The summed E-state index contributed by atoms with van der Waals surface area (Å²) < 4.78 is 5.25. The molecule has 8 heteroatoms. The molecule has 5 nitrogen and oxygen atoms in total. The molecular weight excluding hydrogens is 383 g/mol. The molecule has 0 unspecified atom stereocenters. The number of halogens is 2. The molecule has 0 fully saturated rings. The van der Waals surface area contributed by atoms with Crippen LogP contribution < -0.4 is 5.56 Å². The number of nitrogens with one attached hydrogen (secondary N) is 1. The number of rotatable bonds is 5. The molecule has 2 aromatic carbocycles. The largest absolute Gasteiger partial charge is 0.460 e. The van der Waals surface area contributed by atoms with Gasteiger partial charge in [0.1, 0.15) is 6.61 Å². The Labute approximate surface area is 157 Å². The van der Waals surface area contributed by atoms with E-state index in [1.165, 1.54) is 11.8 Å². The first kappa shape index (κ1) is 17.8. The minimum absolute atomic E-state index is 0.0842. The van der Waals surface area contributed by atoms with E-state index >= 15 is 0 Å². The fourth-order valence-electron chi connectivity index (χ4n) is 2.21. The van der Waals surface area contributed by atoms with Crippen LogP contribution in [0, 0.1) is 0 Å². The van der Waals surface area contributed by atoms with Crippen molar-refractivity contribution in [3.8, 4) is 0 Å². The molecule has 0 atom stereocenters. The van der Waals surface area contributed by atoms with Crippen molar-refractivity contribution in [2.75, 3.05) is 12.4 Å². The molecule has 0 aliphatic rings. The maximum absolute atomic E-state index is 12.2. The highest BCUT2D eigenvalue weighted by molar-refractivity contribution is 7.99. The third-order valence-corrected chi connectivity index (χ3v) is 5.05. The van der Waals surface area contributed by atoms with Gasteiger partial charge in [-0.05, 0) is 24.3 Å². The summed E-state index contributed by atoms with van der Waals surface area (Å²) in [6.45, 7) is 0.168. The smallest absolute Gasteiger partial charge is 0.359 e. The predicted octanol–water partition coefficient (Wildman–Crippen LogP) is 4.18. The monoisotopic (exact) mass is 394 g/mol. The Morgan fingerprint density at radius 2 is 1.92 bits per heavy atom. The maximum atomic E-state index is 12.2. The van der Waals surface area contributed by atoms with Crippen LogP contribution >= 0.6 is 35.0 Å². The van der Waals surface area contributed by atoms with Crippen molar-refractivity contribution in [2.45, 2.75) is 4.90 Å². The normalized spacial score (nSPS) is 10.8. The summed E-state index contributed by atoms with van der Waals surface area (Å²) in [7, 11) is 0. The van der Waals surface area contributed by atoms with E-state index in [4.69, 9.17) is 27.9 Å². The molecule has 0 bridgehead atoms. The zero-order valence-corrected chi connectivity index (χ0v) is 15.1.